The zero-order valence-corrected chi connectivity index (χ0v) is 50.3. The van der Waals surface area contributed by atoms with Gasteiger partial charge in [-0.1, -0.05) is 0 Å². The quantitative estimate of drug-likeness (QED) is 0.0382. The topological polar surface area (TPSA) is 653 Å². The Balaban J connectivity index is 1.19. The second-order valence-corrected chi connectivity index (χ2v) is 23.6. The van der Waals surface area contributed by atoms with Gasteiger partial charge >= 0.3 is 0 Å². The highest BCUT2D eigenvalue weighted by molar-refractivity contribution is 5.73. The summed E-state index contributed by atoms with van der Waals surface area (Å²) >= 11 is 0. The van der Waals surface area contributed by atoms with Crippen molar-refractivity contribution in [2.45, 2.75) is 267 Å². The van der Waals surface area contributed by atoms with Crippen LogP contribution in [0, 0.1) is 0 Å². The number of amides is 2. The summed E-state index contributed by atoms with van der Waals surface area (Å²) in [6.07, 6.45) is -73.8. The molecule has 0 aromatic carbocycles. The van der Waals surface area contributed by atoms with Gasteiger partial charge in [-0.05, 0) is 13.8 Å². The van der Waals surface area contributed by atoms with Crippen LogP contribution in [0.5, 0.6) is 0 Å². The molecule has 0 aromatic rings. The molecule has 7 aliphatic rings. The van der Waals surface area contributed by atoms with Crippen LogP contribution >= 0.6 is 0 Å². The highest BCUT2D eigenvalue weighted by Gasteiger charge is 2.60. The normalized spacial score (nSPS) is 48.1. The van der Waals surface area contributed by atoms with Gasteiger partial charge in [-0.15, -0.1) is 0 Å². The molecule has 7 saturated heterocycles. The summed E-state index contributed by atoms with van der Waals surface area (Å²) < 4.78 is 82.6. The predicted molar refractivity (Wildman–Crippen MR) is 287 cm³/mol. The molecule has 0 bridgehead atoms. The van der Waals surface area contributed by atoms with E-state index in [1.807, 2.05) is 0 Å². The van der Waals surface area contributed by atoms with Crippen molar-refractivity contribution >= 4 is 11.8 Å². The highest BCUT2D eigenvalue weighted by Crippen LogP contribution is 2.39. The first kappa shape index (κ1) is 77.8. The minimum atomic E-state index is -2.38. The van der Waals surface area contributed by atoms with Crippen LogP contribution in [0.1, 0.15) is 27.7 Å². The molecule has 0 spiro atoms. The summed E-state index contributed by atoms with van der Waals surface area (Å²) in [6.45, 7) is -3.32. The van der Waals surface area contributed by atoms with Gasteiger partial charge in [-0.2, -0.15) is 0 Å². The fraction of sp³-hybridized carbons (Fsp3) is 0.962. The lowest BCUT2D eigenvalue weighted by molar-refractivity contribution is -0.401. The molecular weight excluding hydrogens is 1280 g/mol. The Bertz CT molecular complexity index is 2300. The van der Waals surface area contributed by atoms with Gasteiger partial charge in [-0.3, -0.25) is 9.59 Å². The molecule has 2 amide bonds. The van der Waals surface area contributed by atoms with Gasteiger partial charge in [0.1, 0.15) is 183 Å². The van der Waals surface area contributed by atoms with Crippen LogP contribution in [0.15, 0.2) is 0 Å². The predicted octanol–water partition coefficient (Wildman–Crippen LogP) is -16.5. The summed E-state index contributed by atoms with van der Waals surface area (Å²) in [5, 5.41) is 254. The highest BCUT2D eigenvalue weighted by atomic mass is 16.8. The number of nitrogens with one attached hydrogen (secondary N) is 2. The molecule has 25 N–H and O–H groups in total. The zero-order chi connectivity index (χ0) is 68.9. The molecule has 7 fully saturated rings. The third-order valence-corrected chi connectivity index (χ3v) is 17.0. The van der Waals surface area contributed by atoms with E-state index in [0.717, 1.165) is 13.8 Å². The van der Waals surface area contributed by atoms with Crippen LogP contribution in [0.2, 0.25) is 0 Å². The third kappa shape index (κ3) is 17.2. The minimum Gasteiger partial charge on any atom is -0.394 e. The molecule has 7 rings (SSSR count). The standard InChI is InChI=1S/C52H90N2O39/c1-12-25(66)32(73)35(76)48(80-12)90-42-24(54-15(4)63)47(86-22(11-61)41(42)89-52-45(34(75)28(69)18(7-57)84-52)93-49-36(77)33(74)26(67)13(2)81-49)92-44-30(71)20(9-59)83-51(38(44)79)88-40-21(10-60)85-46(23(31(40)72)53-14(3)62)91-43-29(70)19(8-58)82-50(37(43)78)87-39(17(65)6-56)27(68)16(64)5-55/h12-13,16-52,55-61,64-79H,5-11H2,1-4H3,(H,53,62)(H,54,63)/t12-,13-,16-,17+,18+,19+,20+,21+,22+,23+,24+,25+,26+,27+,28-,29-,30-,31+,32+,33+,34-,35-,36-,37+,38+,39+,40+,41+,42+,43-,44-,45+,46-,47-,48-,49-,50-,51-,52-/m0/s1. The number of carbonyl (C=O) groups is 2. The van der Waals surface area contributed by atoms with Crippen LogP contribution in [0.25, 0.3) is 0 Å². The molecule has 7 aliphatic heterocycles. The number of ether oxygens (including phenoxy) is 14. The van der Waals surface area contributed by atoms with Gasteiger partial charge in [0.2, 0.25) is 11.8 Å². The molecule has 93 heavy (non-hydrogen) atoms. The third-order valence-electron chi connectivity index (χ3n) is 17.0. The average Bonchev–Trinajstić information content (AvgIpc) is 0.788. The Labute approximate surface area is 528 Å². The lowest BCUT2D eigenvalue weighted by atomic mass is 9.93. The lowest BCUT2D eigenvalue weighted by Crippen LogP contribution is -2.72. The number of rotatable bonds is 26. The van der Waals surface area contributed by atoms with Crippen molar-refractivity contribution in [1.29, 1.82) is 0 Å². The molecule has 542 valence electrons. The molecule has 7 heterocycles. The van der Waals surface area contributed by atoms with Gasteiger partial charge in [-0.25, -0.2) is 0 Å². The molecular formula is C52H90N2O39. The Morgan fingerprint density at radius 1 is 0.344 bits per heavy atom. The van der Waals surface area contributed by atoms with Crippen molar-refractivity contribution in [3.05, 3.63) is 0 Å². The Morgan fingerprint density at radius 2 is 0.710 bits per heavy atom. The van der Waals surface area contributed by atoms with Crippen molar-refractivity contribution in [2.24, 2.45) is 0 Å². The van der Waals surface area contributed by atoms with Crippen molar-refractivity contribution in [1.82, 2.24) is 10.6 Å². The van der Waals surface area contributed by atoms with E-state index in [9.17, 15) is 127 Å². The largest absolute Gasteiger partial charge is 0.394 e. The maximum atomic E-state index is 13.3. The molecule has 41 heteroatoms. The van der Waals surface area contributed by atoms with E-state index >= 15 is 0 Å². The van der Waals surface area contributed by atoms with Crippen LogP contribution < -0.4 is 10.6 Å². The first-order valence-corrected chi connectivity index (χ1v) is 29.8. The molecule has 0 aromatic heterocycles. The smallest absolute Gasteiger partial charge is 0.217 e. The summed E-state index contributed by atoms with van der Waals surface area (Å²) in [6, 6.07) is -3.86. The molecule has 41 nitrogen and oxygen atoms in total. The SMILES string of the molecule is CC(=O)N[C@H]1[C@H](O[C@H]2[C@@H](O)[C@@H](CO)O[C@@H](O[C@@H]([C@H](O)[C@@H](O)CO)[C@H](O)CO)[C@@H]2O)O[C@H](CO)[C@@H](O[C@@H]2O[C@H](CO)[C@H](O)[C@H](O[C@@H]3O[C@H](CO)[C@@H](O[C@@H]4O[C@H](CO)[C@H](O)[C@H](O)[C@H]4O[C@@H]4O[C@@H](C)[C@@H](O)[C@@H](O)[C@@H]4O)[C@H](O[C@@H]4O[C@@H](C)[C@@H](O)[C@@H](O)[C@@H]4O)[C@H]3NC(C)=O)[C@H]2O)[C@@H]1O. The molecule has 0 unspecified atom stereocenters. The Kier molecular flexibility index (Phi) is 28.5. The van der Waals surface area contributed by atoms with Gasteiger partial charge in [0, 0.05) is 13.8 Å². The summed E-state index contributed by atoms with van der Waals surface area (Å²) in [7, 11) is 0. The molecule has 0 radical (unpaired) electrons. The van der Waals surface area contributed by atoms with Crippen molar-refractivity contribution in [3.8, 4) is 0 Å². The number of aliphatic hydroxyl groups excluding tert-OH is 23. The summed E-state index contributed by atoms with van der Waals surface area (Å²) in [4.78, 5) is 26.1. The van der Waals surface area contributed by atoms with E-state index in [-0.39, 0.29) is 0 Å². The zero-order valence-electron chi connectivity index (χ0n) is 50.3. The second-order valence-electron chi connectivity index (χ2n) is 23.6. The van der Waals surface area contributed by atoms with E-state index in [1.54, 1.807) is 0 Å². The maximum Gasteiger partial charge on any atom is 0.217 e. The van der Waals surface area contributed by atoms with Crippen LogP contribution in [0.3, 0.4) is 0 Å². The van der Waals surface area contributed by atoms with E-state index in [1.165, 1.54) is 13.8 Å². The molecule has 0 aliphatic carbocycles. The minimum absolute atomic E-state index is 0.927. The number of carbonyl (C=O) groups excluding carboxylic acids is 2. The van der Waals surface area contributed by atoms with Crippen LogP contribution in [0.4, 0.5) is 0 Å². The van der Waals surface area contributed by atoms with E-state index in [0.29, 0.717) is 0 Å². The fourth-order valence-electron chi connectivity index (χ4n) is 11.7. The monoisotopic (exact) mass is 1370 g/mol. The van der Waals surface area contributed by atoms with Crippen LogP contribution in [-0.2, 0) is 75.9 Å². The summed E-state index contributed by atoms with van der Waals surface area (Å²) in [5.41, 5.74) is 0. The van der Waals surface area contributed by atoms with Gasteiger partial charge < -0.3 is 194 Å². The van der Waals surface area contributed by atoms with E-state index < -0.39 is 297 Å². The summed E-state index contributed by atoms with van der Waals surface area (Å²) in [5.74, 6) is -1.89. The van der Waals surface area contributed by atoms with Gasteiger partial charge in [0.25, 0.3) is 0 Å². The fourth-order valence-corrected chi connectivity index (χ4v) is 11.7. The Hall–Kier alpha value is -2.54. The average molecular weight is 1370 g/mol. The number of hydrogen-bond acceptors (Lipinski definition) is 39. The van der Waals surface area contributed by atoms with Crippen LogP contribution in [-0.4, -0.2) is 415 Å². The number of hydrogen-bond donors (Lipinski definition) is 25. The Morgan fingerprint density at radius 3 is 1.18 bits per heavy atom. The molecule has 39 atom stereocenters. The first-order valence-electron chi connectivity index (χ1n) is 29.8. The van der Waals surface area contributed by atoms with E-state index in [4.69, 9.17) is 66.3 Å². The number of aliphatic hydroxyl groups is 23. The van der Waals surface area contributed by atoms with Gasteiger partial charge in [0.15, 0.2) is 44.0 Å². The molecule has 0 saturated carbocycles. The second kappa shape index (κ2) is 34.0. The first-order chi connectivity index (χ1) is 43.9. The maximum absolute atomic E-state index is 13.3. The van der Waals surface area contributed by atoms with E-state index in [2.05, 4.69) is 10.6 Å². The van der Waals surface area contributed by atoms with Crippen molar-refractivity contribution < 1.29 is 193 Å². The van der Waals surface area contributed by atoms with Crippen molar-refractivity contribution in [3.63, 3.8) is 0 Å². The van der Waals surface area contributed by atoms with Gasteiger partial charge in [0.05, 0.1) is 58.5 Å². The van der Waals surface area contributed by atoms with Crippen molar-refractivity contribution in [2.75, 3.05) is 46.2 Å². The lowest BCUT2D eigenvalue weighted by Gasteiger charge is -2.52.